The van der Waals surface area contributed by atoms with E-state index in [0.717, 1.165) is 4.90 Å². The third kappa shape index (κ3) is 4.41. The Balaban J connectivity index is 2.11. The molecular weight excluding hydrogens is 304 g/mol. The summed E-state index contributed by atoms with van der Waals surface area (Å²) in [5.74, 6) is -0.638. The number of carbonyl (C=O) groups is 2. The third-order valence-corrected chi connectivity index (χ3v) is 3.77. The lowest BCUT2D eigenvalue weighted by atomic mass is 9.98. The van der Waals surface area contributed by atoms with Gasteiger partial charge in [0.2, 0.25) is 5.91 Å². The van der Waals surface area contributed by atoms with Gasteiger partial charge in [-0.3, -0.25) is 10.1 Å². The van der Waals surface area contributed by atoms with E-state index in [9.17, 15) is 24.9 Å². The van der Waals surface area contributed by atoms with E-state index in [2.05, 4.69) is 0 Å². The lowest BCUT2D eigenvalue weighted by Crippen LogP contribution is -2.53. The minimum atomic E-state index is -2.00. The maximum Gasteiger partial charge on any atom is 0.406 e. The Morgan fingerprint density at radius 3 is 2.43 bits per heavy atom. The molecular formula is C15H20N2O6. The van der Waals surface area contributed by atoms with Crippen LogP contribution in [0, 0.1) is 0 Å². The predicted molar refractivity (Wildman–Crippen MR) is 79.2 cm³/mol. The lowest BCUT2D eigenvalue weighted by molar-refractivity contribution is -0.147. The van der Waals surface area contributed by atoms with Crippen LogP contribution in [-0.4, -0.2) is 61.9 Å². The maximum absolute atomic E-state index is 12.3. The van der Waals surface area contributed by atoms with Crippen LogP contribution in [-0.2, 0) is 11.2 Å². The van der Waals surface area contributed by atoms with Crippen LogP contribution >= 0.6 is 0 Å². The normalized spacial score (nSPS) is 23.3. The monoisotopic (exact) mass is 324 g/mol. The van der Waals surface area contributed by atoms with Gasteiger partial charge in [0.1, 0.15) is 6.10 Å². The summed E-state index contributed by atoms with van der Waals surface area (Å²) in [5.41, 5.74) is -1.35. The van der Waals surface area contributed by atoms with E-state index in [1.807, 2.05) is 5.32 Å². The van der Waals surface area contributed by atoms with Crippen LogP contribution in [0.5, 0.6) is 0 Å². The summed E-state index contributed by atoms with van der Waals surface area (Å²) in [6.45, 7) is 0.148. The highest BCUT2D eigenvalue weighted by Crippen LogP contribution is 2.21. The molecule has 5 N–H and O–H groups in total. The van der Waals surface area contributed by atoms with Gasteiger partial charge in [0.25, 0.3) is 0 Å². The second kappa shape index (κ2) is 6.95. The molecule has 0 bridgehead atoms. The lowest BCUT2D eigenvalue weighted by Gasteiger charge is -2.30. The van der Waals surface area contributed by atoms with Crippen molar-refractivity contribution in [2.45, 2.75) is 37.3 Å². The number of benzene rings is 1. The first kappa shape index (κ1) is 17.2. The molecule has 3 atom stereocenters. The zero-order chi connectivity index (χ0) is 17.0. The van der Waals surface area contributed by atoms with E-state index in [4.69, 9.17) is 5.11 Å². The Bertz CT molecular complexity index is 566. The molecule has 0 spiro atoms. The molecule has 1 saturated heterocycles. The van der Waals surface area contributed by atoms with Gasteiger partial charge in [-0.05, 0) is 12.0 Å². The molecule has 0 saturated carbocycles. The molecule has 8 nitrogen and oxygen atoms in total. The highest BCUT2D eigenvalue weighted by Gasteiger charge is 2.39. The largest absolute Gasteiger partial charge is 0.465 e. The van der Waals surface area contributed by atoms with E-state index in [1.54, 1.807) is 30.3 Å². The van der Waals surface area contributed by atoms with Gasteiger partial charge < -0.3 is 25.3 Å². The number of nitrogens with zero attached hydrogens (tertiary/aromatic N) is 1. The van der Waals surface area contributed by atoms with Crippen molar-refractivity contribution in [3.8, 4) is 0 Å². The zero-order valence-electron chi connectivity index (χ0n) is 12.4. The molecule has 1 aromatic carbocycles. The van der Waals surface area contributed by atoms with E-state index in [-0.39, 0.29) is 19.4 Å². The highest BCUT2D eigenvalue weighted by molar-refractivity contribution is 5.78. The minimum Gasteiger partial charge on any atom is -0.465 e. The number of amides is 2. The number of nitrogens with one attached hydrogen (secondary N) is 1. The summed E-state index contributed by atoms with van der Waals surface area (Å²) in [6.07, 6.45) is -4.24. The summed E-state index contributed by atoms with van der Waals surface area (Å²) in [4.78, 5) is 24.2. The predicted octanol–water partition coefficient (Wildman–Crippen LogP) is -0.513. The SMILES string of the molecule is O=C(O)NC(O)(CC(=O)N1CCC(O)C1O)Cc1ccccc1. The van der Waals surface area contributed by atoms with Crippen molar-refractivity contribution in [1.29, 1.82) is 0 Å². The summed E-state index contributed by atoms with van der Waals surface area (Å²) in [7, 11) is 0. The molecule has 1 aromatic rings. The van der Waals surface area contributed by atoms with Crippen molar-refractivity contribution in [2.24, 2.45) is 0 Å². The number of likely N-dealkylation sites (tertiary alicyclic amines) is 1. The average molecular weight is 324 g/mol. The Kier molecular flexibility index (Phi) is 5.19. The average Bonchev–Trinajstić information content (AvgIpc) is 2.78. The topological polar surface area (TPSA) is 130 Å². The molecule has 8 heteroatoms. The van der Waals surface area contributed by atoms with Crippen molar-refractivity contribution in [3.05, 3.63) is 35.9 Å². The number of hydrogen-bond donors (Lipinski definition) is 5. The van der Waals surface area contributed by atoms with E-state index in [0.29, 0.717) is 5.56 Å². The van der Waals surface area contributed by atoms with Gasteiger partial charge in [0, 0.05) is 13.0 Å². The van der Waals surface area contributed by atoms with E-state index >= 15 is 0 Å². The Morgan fingerprint density at radius 2 is 1.91 bits per heavy atom. The van der Waals surface area contributed by atoms with Crippen molar-refractivity contribution in [2.75, 3.05) is 6.54 Å². The molecule has 23 heavy (non-hydrogen) atoms. The van der Waals surface area contributed by atoms with Crippen LogP contribution in [0.3, 0.4) is 0 Å². The molecule has 3 unspecified atom stereocenters. The number of carboxylic acid groups (broad SMARTS) is 1. The van der Waals surface area contributed by atoms with Gasteiger partial charge in [-0.2, -0.15) is 0 Å². The van der Waals surface area contributed by atoms with Crippen LogP contribution in [0.25, 0.3) is 0 Å². The van der Waals surface area contributed by atoms with Crippen LogP contribution in [0.4, 0.5) is 4.79 Å². The van der Waals surface area contributed by atoms with Gasteiger partial charge in [-0.1, -0.05) is 30.3 Å². The van der Waals surface area contributed by atoms with Gasteiger partial charge in [-0.25, -0.2) is 4.79 Å². The molecule has 0 radical (unpaired) electrons. The fourth-order valence-corrected chi connectivity index (χ4v) is 2.67. The number of aliphatic hydroxyl groups is 3. The standard InChI is InChI=1S/C15H20N2O6/c18-11-6-7-17(13(11)20)12(19)9-15(23,16-14(21)22)8-10-4-2-1-3-5-10/h1-5,11,13,16,18,20,23H,6-9H2,(H,21,22). The fraction of sp³-hybridized carbons (Fsp3) is 0.467. The van der Waals surface area contributed by atoms with Crippen LogP contribution in [0.15, 0.2) is 30.3 Å². The Hall–Kier alpha value is -2.16. The van der Waals surface area contributed by atoms with Crippen LogP contribution in [0.1, 0.15) is 18.4 Å². The van der Waals surface area contributed by atoms with Crippen LogP contribution in [0.2, 0.25) is 0 Å². The molecule has 0 aliphatic carbocycles. The third-order valence-electron chi connectivity index (χ3n) is 3.77. The van der Waals surface area contributed by atoms with Gasteiger partial charge in [0.05, 0.1) is 6.42 Å². The van der Waals surface area contributed by atoms with Crippen LogP contribution < -0.4 is 5.32 Å². The Morgan fingerprint density at radius 1 is 1.26 bits per heavy atom. The molecule has 2 amide bonds. The summed E-state index contributed by atoms with van der Waals surface area (Å²) >= 11 is 0. The molecule has 0 aromatic heterocycles. The van der Waals surface area contributed by atoms with Gasteiger partial charge in [0.15, 0.2) is 12.0 Å². The van der Waals surface area contributed by atoms with Gasteiger partial charge >= 0.3 is 6.09 Å². The molecule has 1 aliphatic heterocycles. The first-order valence-electron chi connectivity index (χ1n) is 7.24. The second-order valence-corrected chi connectivity index (χ2v) is 5.66. The maximum atomic E-state index is 12.3. The smallest absolute Gasteiger partial charge is 0.406 e. The van der Waals surface area contributed by atoms with Crippen molar-refractivity contribution in [3.63, 3.8) is 0 Å². The molecule has 1 aliphatic rings. The number of hydrogen-bond acceptors (Lipinski definition) is 5. The zero-order valence-corrected chi connectivity index (χ0v) is 12.4. The van der Waals surface area contributed by atoms with Gasteiger partial charge in [-0.15, -0.1) is 0 Å². The van der Waals surface area contributed by atoms with Crippen molar-refractivity contribution in [1.82, 2.24) is 10.2 Å². The number of carbonyl (C=O) groups excluding carboxylic acids is 1. The fourth-order valence-electron chi connectivity index (χ4n) is 2.67. The highest BCUT2D eigenvalue weighted by atomic mass is 16.4. The minimum absolute atomic E-state index is 0.0988. The molecule has 126 valence electrons. The number of rotatable bonds is 5. The first-order chi connectivity index (χ1) is 10.8. The molecule has 1 fully saturated rings. The Labute approximate surface area is 133 Å². The first-order valence-corrected chi connectivity index (χ1v) is 7.24. The summed E-state index contributed by atoms with van der Waals surface area (Å²) in [6, 6.07) is 8.65. The van der Waals surface area contributed by atoms with E-state index < -0.39 is 36.5 Å². The quantitative estimate of drug-likeness (QED) is 0.464. The molecule has 1 heterocycles. The molecule has 2 rings (SSSR count). The van der Waals surface area contributed by atoms with E-state index in [1.165, 1.54) is 0 Å². The second-order valence-electron chi connectivity index (χ2n) is 5.66. The summed E-state index contributed by atoms with van der Waals surface area (Å²) in [5, 5.41) is 40.6. The summed E-state index contributed by atoms with van der Waals surface area (Å²) < 4.78 is 0. The van der Waals surface area contributed by atoms with Crippen molar-refractivity contribution < 1.29 is 30.0 Å². The van der Waals surface area contributed by atoms with Crippen molar-refractivity contribution >= 4 is 12.0 Å². The number of aliphatic hydroxyl groups excluding tert-OH is 2.